The molecule has 0 aromatic heterocycles. The van der Waals surface area contributed by atoms with Gasteiger partial charge in [-0.3, -0.25) is 0 Å². The molecule has 0 aliphatic rings. The number of rotatable bonds is 9. The van der Waals surface area contributed by atoms with E-state index in [0.717, 1.165) is 30.2 Å². The maximum Gasteiger partial charge on any atom is 0.328 e. The van der Waals surface area contributed by atoms with Crippen molar-refractivity contribution in [2.75, 3.05) is 19.8 Å². The summed E-state index contributed by atoms with van der Waals surface area (Å²) in [6.45, 7) is 4.58. The molecule has 4 nitrogen and oxygen atoms in total. The second kappa shape index (κ2) is 9.30. The third kappa shape index (κ3) is 7.39. The molecule has 0 spiro atoms. The van der Waals surface area contributed by atoms with Crippen molar-refractivity contribution in [3.8, 4) is 0 Å². The van der Waals surface area contributed by atoms with E-state index >= 15 is 0 Å². The molecule has 0 fully saturated rings. The van der Waals surface area contributed by atoms with Crippen LogP contribution in [0.5, 0.6) is 0 Å². The molecule has 0 heterocycles. The Hall–Kier alpha value is -1.65. The fourth-order valence-corrected chi connectivity index (χ4v) is 1.45. The summed E-state index contributed by atoms with van der Waals surface area (Å²) >= 11 is 0. The molecule has 1 rings (SSSR count). The van der Waals surface area contributed by atoms with Crippen LogP contribution in [-0.2, 0) is 20.9 Å². The molecule has 0 radical (unpaired) electrons. The lowest BCUT2D eigenvalue weighted by Gasteiger charge is -2.05. The van der Waals surface area contributed by atoms with Crippen LogP contribution in [0.25, 0.3) is 6.08 Å². The molecule has 0 aliphatic heterocycles. The van der Waals surface area contributed by atoms with E-state index in [0.29, 0.717) is 19.8 Å². The Kier molecular flexibility index (Phi) is 7.54. The summed E-state index contributed by atoms with van der Waals surface area (Å²) in [6, 6.07) is 7.58. The summed E-state index contributed by atoms with van der Waals surface area (Å²) in [5, 5.41) is 8.52. The molecule has 0 unspecified atom stereocenters. The maximum atomic E-state index is 10.4. The predicted molar refractivity (Wildman–Crippen MR) is 73.9 cm³/mol. The first-order valence-electron chi connectivity index (χ1n) is 6.38. The minimum absolute atomic E-state index is 0.540. The van der Waals surface area contributed by atoms with Gasteiger partial charge in [0, 0.05) is 12.7 Å². The third-order valence-electron chi connectivity index (χ3n) is 2.39. The van der Waals surface area contributed by atoms with Gasteiger partial charge in [-0.1, -0.05) is 31.2 Å². The highest BCUT2D eigenvalue weighted by Gasteiger charge is 1.95. The average Bonchev–Trinajstić information content (AvgIpc) is 2.41. The van der Waals surface area contributed by atoms with Crippen molar-refractivity contribution in [3.05, 3.63) is 41.5 Å². The minimum atomic E-state index is -0.945. The van der Waals surface area contributed by atoms with Crippen molar-refractivity contribution >= 4 is 12.0 Å². The quantitative estimate of drug-likeness (QED) is 0.550. The Bertz CT molecular complexity index is 395. The zero-order chi connectivity index (χ0) is 13.9. The summed E-state index contributed by atoms with van der Waals surface area (Å²) in [5.41, 5.74) is 1.92. The van der Waals surface area contributed by atoms with Crippen LogP contribution in [0.4, 0.5) is 0 Å². The molecular weight excluding hydrogens is 244 g/mol. The van der Waals surface area contributed by atoms with Gasteiger partial charge in [0.15, 0.2) is 0 Å². The molecule has 0 saturated heterocycles. The first-order chi connectivity index (χ1) is 9.22. The van der Waals surface area contributed by atoms with Gasteiger partial charge in [-0.25, -0.2) is 4.79 Å². The van der Waals surface area contributed by atoms with E-state index in [9.17, 15) is 4.79 Å². The van der Waals surface area contributed by atoms with Crippen molar-refractivity contribution in [1.29, 1.82) is 0 Å². The van der Waals surface area contributed by atoms with Crippen LogP contribution >= 0.6 is 0 Å². The van der Waals surface area contributed by atoms with Crippen molar-refractivity contribution in [3.63, 3.8) is 0 Å². The number of carboxylic acid groups (broad SMARTS) is 1. The third-order valence-corrected chi connectivity index (χ3v) is 2.39. The summed E-state index contributed by atoms with van der Waals surface area (Å²) in [5.74, 6) is -0.945. The molecule has 4 heteroatoms. The van der Waals surface area contributed by atoms with Gasteiger partial charge in [-0.15, -0.1) is 0 Å². The van der Waals surface area contributed by atoms with Crippen molar-refractivity contribution in [1.82, 2.24) is 0 Å². The second-order valence-electron chi connectivity index (χ2n) is 4.08. The maximum absolute atomic E-state index is 10.4. The summed E-state index contributed by atoms with van der Waals surface area (Å²) < 4.78 is 10.8. The van der Waals surface area contributed by atoms with Gasteiger partial charge in [-0.2, -0.15) is 0 Å². The van der Waals surface area contributed by atoms with E-state index in [1.165, 1.54) is 0 Å². The first-order valence-corrected chi connectivity index (χ1v) is 6.38. The molecule has 104 valence electrons. The van der Waals surface area contributed by atoms with Crippen LogP contribution in [0, 0.1) is 0 Å². The van der Waals surface area contributed by atoms with E-state index in [1.807, 2.05) is 24.3 Å². The molecule has 1 N–H and O–H groups in total. The Morgan fingerprint density at radius 2 is 1.84 bits per heavy atom. The van der Waals surface area contributed by atoms with E-state index in [4.69, 9.17) is 14.6 Å². The number of ether oxygens (including phenoxy) is 2. The van der Waals surface area contributed by atoms with E-state index in [-0.39, 0.29) is 0 Å². The fourth-order valence-electron chi connectivity index (χ4n) is 1.45. The van der Waals surface area contributed by atoms with E-state index in [2.05, 4.69) is 6.92 Å². The SMILES string of the molecule is CCCOCCOCc1ccc(/C=C/C(=O)O)cc1. The molecule has 0 saturated carbocycles. The number of benzene rings is 1. The molecule has 0 bridgehead atoms. The summed E-state index contributed by atoms with van der Waals surface area (Å²) in [4.78, 5) is 10.4. The molecule has 1 aromatic rings. The van der Waals surface area contributed by atoms with Crippen LogP contribution in [0.2, 0.25) is 0 Å². The van der Waals surface area contributed by atoms with Crippen LogP contribution in [0.1, 0.15) is 24.5 Å². The van der Waals surface area contributed by atoms with Crippen molar-refractivity contribution < 1.29 is 19.4 Å². The van der Waals surface area contributed by atoms with Crippen LogP contribution in [0.3, 0.4) is 0 Å². The van der Waals surface area contributed by atoms with Gasteiger partial charge >= 0.3 is 5.97 Å². The lowest BCUT2D eigenvalue weighted by molar-refractivity contribution is -0.131. The Morgan fingerprint density at radius 1 is 1.16 bits per heavy atom. The molecule has 1 aromatic carbocycles. The zero-order valence-corrected chi connectivity index (χ0v) is 11.2. The summed E-state index contributed by atoms with van der Waals surface area (Å²) in [6.07, 6.45) is 3.70. The lowest BCUT2D eigenvalue weighted by atomic mass is 10.1. The standard InChI is InChI=1S/C15H20O4/c1-2-9-18-10-11-19-12-14-5-3-13(4-6-14)7-8-15(16)17/h3-8H,2,9-12H2,1H3,(H,16,17)/b8-7+. The van der Waals surface area contributed by atoms with Gasteiger partial charge < -0.3 is 14.6 Å². The smallest absolute Gasteiger partial charge is 0.328 e. The summed E-state index contributed by atoms with van der Waals surface area (Å²) in [7, 11) is 0. The van der Waals surface area contributed by atoms with Crippen LogP contribution < -0.4 is 0 Å². The normalized spacial score (nSPS) is 11.0. The number of hydrogen-bond acceptors (Lipinski definition) is 3. The molecule has 0 amide bonds. The predicted octanol–water partition coefficient (Wildman–Crippen LogP) is 2.73. The largest absolute Gasteiger partial charge is 0.478 e. The van der Waals surface area contributed by atoms with Crippen LogP contribution in [-0.4, -0.2) is 30.9 Å². The topological polar surface area (TPSA) is 55.8 Å². The van der Waals surface area contributed by atoms with Gasteiger partial charge in [-0.05, 0) is 23.6 Å². The number of aliphatic carboxylic acids is 1. The Labute approximate surface area is 113 Å². The molecule has 0 aliphatic carbocycles. The van der Waals surface area contributed by atoms with Gasteiger partial charge in [0.25, 0.3) is 0 Å². The number of carboxylic acids is 1. The second-order valence-corrected chi connectivity index (χ2v) is 4.08. The van der Waals surface area contributed by atoms with Gasteiger partial charge in [0.1, 0.15) is 0 Å². The van der Waals surface area contributed by atoms with Crippen molar-refractivity contribution in [2.24, 2.45) is 0 Å². The van der Waals surface area contributed by atoms with Crippen molar-refractivity contribution in [2.45, 2.75) is 20.0 Å². The first kappa shape index (κ1) is 15.4. The highest BCUT2D eigenvalue weighted by atomic mass is 16.5. The molecular formula is C15H20O4. The Morgan fingerprint density at radius 3 is 2.47 bits per heavy atom. The van der Waals surface area contributed by atoms with Crippen LogP contribution in [0.15, 0.2) is 30.3 Å². The number of hydrogen-bond donors (Lipinski definition) is 1. The van der Waals surface area contributed by atoms with Gasteiger partial charge in [0.2, 0.25) is 0 Å². The lowest BCUT2D eigenvalue weighted by Crippen LogP contribution is -2.04. The number of carbonyl (C=O) groups is 1. The monoisotopic (exact) mass is 264 g/mol. The highest BCUT2D eigenvalue weighted by molar-refractivity contribution is 5.85. The van der Waals surface area contributed by atoms with E-state index in [1.54, 1.807) is 6.08 Å². The van der Waals surface area contributed by atoms with Gasteiger partial charge in [0.05, 0.1) is 19.8 Å². The minimum Gasteiger partial charge on any atom is -0.478 e. The molecule has 19 heavy (non-hydrogen) atoms. The highest BCUT2D eigenvalue weighted by Crippen LogP contribution is 2.07. The van der Waals surface area contributed by atoms with E-state index < -0.39 is 5.97 Å². The zero-order valence-electron chi connectivity index (χ0n) is 11.2. The fraction of sp³-hybridized carbons (Fsp3) is 0.400. The average molecular weight is 264 g/mol. The Balaban J connectivity index is 2.26. The molecule has 0 atom stereocenters.